The van der Waals surface area contributed by atoms with Gasteiger partial charge >= 0.3 is 0 Å². The van der Waals surface area contributed by atoms with Crippen molar-refractivity contribution in [2.45, 2.75) is 40.0 Å². The van der Waals surface area contributed by atoms with Gasteiger partial charge in [-0.05, 0) is 31.3 Å². The van der Waals surface area contributed by atoms with Gasteiger partial charge in [-0.1, -0.05) is 50.8 Å². The number of halogens is 1. The smallest absolute Gasteiger partial charge is 0.133 e. The lowest BCUT2D eigenvalue weighted by Gasteiger charge is -2.14. The average molecular weight is 294 g/mol. The van der Waals surface area contributed by atoms with E-state index in [4.69, 9.17) is 11.0 Å². The molecule has 0 aliphatic rings. The van der Waals surface area contributed by atoms with Crippen molar-refractivity contribution in [1.29, 1.82) is 5.26 Å². The monoisotopic (exact) mass is 294 g/mol. The van der Waals surface area contributed by atoms with Crippen LogP contribution in [0.5, 0.6) is 0 Å². The molecule has 0 aromatic rings. The van der Waals surface area contributed by atoms with E-state index in [-0.39, 0.29) is 11.7 Å². The van der Waals surface area contributed by atoms with Gasteiger partial charge in [0.1, 0.15) is 5.83 Å². The summed E-state index contributed by atoms with van der Waals surface area (Å²) in [5.74, 6) is -0.251. The second-order valence-corrected chi connectivity index (χ2v) is 5.43. The molecule has 0 saturated heterocycles. The summed E-state index contributed by atoms with van der Waals surface area (Å²) < 4.78 is 14.2. The quantitative estimate of drug-likeness (QED) is 0.381. The Hall–Kier alpha value is -1.47. The van der Waals surface area contributed by atoms with Crippen molar-refractivity contribution in [3.8, 4) is 6.07 Å². The highest BCUT2D eigenvalue weighted by Crippen LogP contribution is 2.34. The Morgan fingerprint density at radius 3 is 2.50 bits per heavy atom. The van der Waals surface area contributed by atoms with E-state index in [0.29, 0.717) is 9.93 Å². The summed E-state index contributed by atoms with van der Waals surface area (Å²) in [7, 11) is 0. The molecule has 0 heterocycles. The van der Waals surface area contributed by atoms with Crippen LogP contribution in [0, 0.1) is 17.2 Å². The van der Waals surface area contributed by atoms with Gasteiger partial charge in [-0.15, -0.1) is 0 Å². The Morgan fingerprint density at radius 2 is 1.95 bits per heavy atom. The molecule has 1 atom stereocenters. The molecule has 1 unspecified atom stereocenters. The molecular weight excluding hydrogens is 271 g/mol. The highest BCUT2D eigenvalue weighted by molar-refractivity contribution is 8.06. The van der Waals surface area contributed by atoms with Crippen LogP contribution in [-0.4, -0.2) is 0 Å². The minimum Gasteiger partial charge on any atom is -0.393 e. The third kappa shape index (κ3) is 7.85. The van der Waals surface area contributed by atoms with E-state index in [1.165, 1.54) is 12.2 Å². The van der Waals surface area contributed by atoms with Crippen LogP contribution in [0.25, 0.3) is 0 Å². The number of nitrogens with zero attached hydrogens (tertiary/aromatic N) is 1. The second kappa shape index (κ2) is 11.4. The van der Waals surface area contributed by atoms with Gasteiger partial charge in [0, 0.05) is 11.0 Å². The van der Waals surface area contributed by atoms with Crippen molar-refractivity contribution in [2.75, 3.05) is 0 Å². The Balaban J connectivity index is 5.15. The summed E-state index contributed by atoms with van der Waals surface area (Å²) in [5.41, 5.74) is 5.70. The van der Waals surface area contributed by atoms with Crippen LogP contribution < -0.4 is 5.73 Å². The SMILES string of the molecule is CC/C=C\CC(C)/C(S/C(N)=C/C#N)=C(F)\C=C/CC. The Morgan fingerprint density at radius 1 is 1.30 bits per heavy atom. The Bertz CT molecular complexity index is 442. The maximum Gasteiger partial charge on any atom is 0.133 e. The van der Waals surface area contributed by atoms with Crippen molar-refractivity contribution in [1.82, 2.24) is 0 Å². The zero-order valence-corrected chi connectivity index (χ0v) is 13.2. The predicted octanol–water partition coefficient (Wildman–Crippen LogP) is 5.18. The highest BCUT2D eigenvalue weighted by atomic mass is 32.2. The highest BCUT2D eigenvalue weighted by Gasteiger charge is 2.14. The van der Waals surface area contributed by atoms with Gasteiger partial charge in [-0.25, -0.2) is 4.39 Å². The van der Waals surface area contributed by atoms with Crippen molar-refractivity contribution < 1.29 is 4.39 Å². The number of nitrogens with two attached hydrogens (primary N) is 1. The van der Waals surface area contributed by atoms with E-state index in [2.05, 4.69) is 13.0 Å². The summed E-state index contributed by atoms with van der Waals surface area (Å²) in [6.45, 7) is 5.97. The first kappa shape index (κ1) is 18.5. The van der Waals surface area contributed by atoms with E-state index in [9.17, 15) is 4.39 Å². The van der Waals surface area contributed by atoms with Gasteiger partial charge in [-0.3, -0.25) is 0 Å². The van der Waals surface area contributed by atoms with Gasteiger partial charge < -0.3 is 5.73 Å². The lowest BCUT2D eigenvalue weighted by atomic mass is 10.1. The normalized spacial score (nSPS) is 15.4. The number of thioether (sulfide) groups is 1. The number of allylic oxidation sites excluding steroid dienone is 7. The average Bonchev–Trinajstić information content (AvgIpc) is 2.42. The molecule has 20 heavy (non-hydrogen) atoms. The molecule has 110 valence electrons. The molecule has 0 aromatic carbocycles. The zero-order chi connectivity index (χ0) is 15.4. The van der Waals surface area contributed by atoms with Crippen molar-refractivity contribution in [3.05, 3.63) is 46.1 Å². The van der Waals surface area contributed by atoms with E-state index in [1.54, 1.807) is 6.08 Å². The Kier molecular flexibility index (Phi) is 10.5. The molecule has 2 nitrogen and oxygen atoms in total. The number of hydrogen-bond donors (Lipinski definition) is 1. The first-order chi connectivity index (χ1) is 9.56. The van der Waals surface area contributed by atoms with Crippen LogP contribution in [0.3, 0.4) is 0 Å². The molecule has 0 saturated carbocycles. The molecule has 4 heteroatoms. The lowest BCUT2D eigenvalue weighted by molar-refractivity contribution is 0.624. The number of rotatable bonds is 8. The molecular formula is C16H23FN2S. The fourth-order valence-corrected chi connectivity index (χ4v) is 2.31. The molecule has 0 spiro atoms. The van der Waals surface area contributed by atoms with E-state index in [0.717, 1.165) is 31.0 Å². The number of nitriles is 1. The van der Waals surface area contributed by atoms with Gasteiger partial charge in [0.05, 0.1) is 11.1 Å². The van der Waals surface area contributed by atoms with Crippen LogP contribution in [0.1, 0.15) is 40.0 Å². The van der Waals surface area contributed by atoms with Crippen LogP contribution >= 0.6 is 11.8 Å². The van der Waals surface area contributed by atoms with Crippen molar-refractivity contribution >= 4 is 11.8 Å². The third-order valence-electron chi connectivity index (χ3n) is 2.51. The topological polar surface area (TPSA) is 49.8 Å². The number of hydrogen-bond acceptors (Lipinski definition) is 3. The summed E-state index contributed by atoms with van der Waals surface area (Å²) in [6, 6.07) is 1.86. The molecule has 0 radical (unpaired) electrons. The Labute approximate surface area is 125 Å². The summed E-state index contributed by atoms with van der Waals surface area (Å²) in [4.78, 5) is 0.569. The molecule has 0 aliphatic heterocycles. The molecule has 0 bridgehead atoms. The maximum absolute atomic E-state index is 14.2. The summed E-state index contributed by atoms with van der Waals surface area (Å²) >= 11 is 1.13. The molecule has 2 N–H and O–H groups in total. The van der Waals surface area contributed by atoms with E-state index < -0.39 is 0 Å². The first-order valence-electron chi connectivity index (χ1n) is 6.81. The molecule has 0 aliphatic carbocycles. The summed E-state index contributed by atoms with van der Waals surface area (Å²) in [5, 5.41) is 8.90. The van der Waals surface area contributed by atoms with Crippen molar-refractivity contribution in [3.63, 3.8) is 0 Å². The summed E-state index contributed by atoms with van der Waals surface area (Å²) in [6.07, 6.45) is 11.1. The molecule has 0 fully saturated rings. The zero-order valence-electron chi connectivity index (χ0n) is 12.4. The molecule has 0 amide bonds. The maximum atomic E-state index is 14.2. The molecule has 0 rings (SSSR count). The second-order valence-electron chi connectivity index (χ2n) is 4.32. The van der Waals surface area contributed by atoms with Gasteiger partial charge in [-0.2, -0.15) is 5.26 Å². The largest absolute Gasteiger partial charge is 0.393 e. The van der Waals surface area contributed by atoms with E-state index in [1.807, 2.05) is 26.0 Å². The fraction of sp³-hybridized carbons (Fsp3) is 0.438. The van der Waals surface area contributed by atoms with Gasteiger partial charge in [0.2, 0.25) is 0 Å². The fourth-order valence-electron chi connectivity index (χ4n) is 1.48. The predicted molar refractivity (Wildman–Crippen MR) is 86.3 cm³/mol. The van der Waals surface area contributed by atoms with Crippen LogP contribution in [0.15, 0.2) is 46.1 Å². The lowest BCUT2D eigenvalue weighted by Crippen LogP contribution is -2.01. The minimum atomic E-state index is -0.275. The van der Waals surface area contributed by atoms with E-state index >= 15 is 0 Å². The molecule has 0 aromatic heterocycles. The van der Waals surface area contributed by atoms with Crippen molar-refractivity contribution in [2.24, 2.45) is 11.7 Å². The standard InChI is InChI=1S/C16H23FN2S/c1-4-6-8-9-13(3)16(14(17)10-7-5-2)20-15(19)11-12-18/h6-8,10-11,13H,4-5,9,19H2,1-3H3/b8-6-,10-7-,15-11+,16-14-. The first-order valence-corrected chi connectivity index (χ1v) is 7.62. The van der Waals surface area contributed by atoms with Gasteiger partial charge in [0.25, 0.3) is 0 Å². The van der Waals surface area contributed by atoms with Crippen LogP contribution in [0.4, 0.5) is 4.39 Å². The minimum absolute atomic E-state index is 0.0231. The third-order valence-corrected chi connectivity index (χ3v) is 3.68. The van der Waals surface area contributed by atoms with Crippen LogP contribution in [-0.2, 0) is 0 Å². The van der Waals surface area contributed by atoms with Gasteiger partial charge in [0.15, 0.2) is 0 Å². The van der Waals surface area contributed by atoms with Crippen LogP contribution in [0.2, 0.25) is 0 Å².